The highest BCUT2D eigenvalue weighted by atomic mass is 19.1. The maximum Gasteiger partial charge on any atom is 0.256 e. The molecule has 9 heteroatoms. The van der Waals surface area contributed by atoms with Gasteiger partial charge in [-0.05, 0) is 61.9 Å². The number of hydrogen-bond donors (Lipinski definition) is 1. The van der Waals surface area contributed by atoms with Gasteiger partial charge in [0.2, 0.25) is 5.95 Å². The van der Waals surface area contributed by atoms with Gasteiger partial charge in [0, 0.05) is 47.5 Å². The smallest absolute Gasteiger partial charge is 0.256 e. The number of nitrogens with zero attached hydrogens (tertiary/aromatic N) is 4. The number of hydrogen-bond acceptors (Lipinski definition) is 6. The summed E-state index contributed by atoms with van der Waals surface area (Å²) < 4.78 is 41.1. The highest BCUT2D eigenvalue weighted by Gasteiger charge is 2.41. The fourth-order valence-corrected chi connectivity index (χ4v) is 4.42. The molecule has 0 unspecified atom stereocenters. The Morgan fingerprint density at radius 1 is 1.03 bits per heavy atom. The van der Waals surface area contributed by atoms with Crippen molar-refractivity contribution >= 4 is 5.84 Å². The maximum absolute atomic E-state index is 15.4. The zero-order valence-electron chi connectivity index (χ0n) is 19.9. The van der Waals surface area contributed by atoms with Gasteiger partial charge in [-0.15, -0.1) is 0 Å². The Hall–Kier alpha value is -4.24. The van der Waals surface area contributed by atoms with Gasteiger partial charge in [0.25, 0.3) is 5.95 Å². The van der Waals surface area contributed by atoms with Gasteiger partial charge in [-0.2, -0.15) is 8.78 Å². The van der Waals surface area contributed by atoms with Gasteiger partial charge in [0.1, 0.15) is 23.7 Å². The number of aliphatic imine (C=N–C) groups is 1. The van der Waals surface area contributed by atoms with E-state index in [1.54, 1.807) is 55.6 Å². The van der Waals surface area contributed by atoms with Crippen LogP contribution in [-0.4, -0.2) is 34.5 Å². The van der Waals surface area contributed by atoms with Gasteiger partial charge in [-0.3, -0.25) is 9.98 Å². The predicted molar refractivity (Wildman–Crippen MR) is 132 cm³/mol. The van der Waals surface area contributed by atoms with E-state index in [4.69, 9.17) is 20.2 Å². The molecule has 2 N–H and O–H groups in total. The fraction of sp³-hybridized carbons (Fsp3) is 0.185. The molecule has 1 aliphatic heterocycles. The van der Waals surface area contributed by atoms with Crippen molar-refractivity contribution in [1.82, 2.24) is 15.0 Å². The number of methoxy groups -OCH3 is 1. The summed E-state index contributed by atoms with van der Waals surface area (Å²) in [7, 11) is 1.51. The van der Waals surface area contributed by atoms with Crippen molar-refractivity contribution in [3.63, 3.8) is 0 Å². The van der Waals surface area contributed by atoms with Crippen molar-refractivity contribution in [2.45, 2.75) is 19.4 Å². The van der Waals surface area contributed by atoms with Crippen LogP contribution < -0.4 is 10.5 Å². The Morgan fingerprint density at radius 2 is 1.86 bits per heavy atom. The van der Waals surface area contributed by atoms with Crippen molar-refractivity contribution in [3.8, 4) is 33.9 Å². The van der Waals surface area contributed by atoms with Gasteiger partial charge < -0.3 is 15.2 Å². The van der Waals surface area contributed by atoms with Crippen molar-refractivity contribution in [3.05, 3.63) is 89.6 Å². The number of aryl methyl sites for hydroxylation is 1. The fourth-order valence-electron chi connectivity index (χ4n) is 4.42. The van der Waals surface area contributed by atoms with Gasteiger partial charge in [0.05, 0.1) is 5.69 Å². The average Bonchev–Trinajstić information content (AvgIpc) is 2.85. The van der Waals surface area contributed by atoms with Gasteiger partial charge in [-0.25, -0.2) is 9.97 Å². The third-order valence-electron chi connectivity index (χ3n) is 6.09. The van der Waals surface area contributed by atoms with Crippen LogP contribution in [0, 0.1) is 18.8 Å². The summed E-state index contributed by atoms with van der Waals surface area (Å²) in [4.78, 5) is 16.9. The molecule has 0 saturated heterocycles. The number of nitrogens with two attached hydrogens (primary N) is 1. The molecule has 3 aromatic heterocycles. The lowest BCUT2D eigenvalue weighted by Gasteiger charge is -2.35. The largest absolute Gasteiger partial charge is 0.452 e. The Labute approximate surface area is 206 Å². The summed E-state index contributed by atoms with van der Waals surface area (Å²) in [6, 6.07) is 13.7. The van der Waals surface area contributed by atoms with Crippen molar-refractivity contribution in [2.75, 3.05) is 13.7 Å². The first-order valence-electron chi connectivity index (χ1n) is 11.2. The summed E-state index contributed by atoms with van der Waals surface area (Å²) in [5, 5.41) is 0. The highest BCUT2D eigenvalue weighted by molar-refractivity contribution is 5.83. The Balaban J connectivity index is 1.76. The predicted octanol–water partition coefficient (Wildman–Crippen LogP) is 5.17. The van der Waals surface area contributed by atoms with E-state index in [0.29, 0.717) is 39.3 Å². The van der Waals surface area contributed by atoms with E-state index in [1.807, 2.05) is 13.0 Å². The zero-order valence-corrected chi connectivity index (χ0v) is 19.9. The van der Waals surface area contributed by atoms with Crippen LogP contribution in [0.5, 0.6) is 11.5 Å². The molecular formula is C27H23F2N5O2. The van der Waals surface area contributed by atoms with Crippen LogP contribution in [0.3, 0.4) is 0 Å². The van der Waals surface area contributed by atoms with Crippen LogP contribution in [-0.2, 0) is 10.3 Å². The second-order valence-electron chi connectivity index (χ2n) is 8.62. The first kappa shape index (κ1) is 23.5. The average molecular weight is 488 g/mol. The number of rotatable bonds is 5. The van der Waals surface area contributed by atoms with Crippen molar-refractivity contribution in [1.29, 1.82) is 0 Å². The SMILES string of the molecule is COC/C(N)=N\[C@@]1(C)c2cc(-c3cccnc3F)ccc2Oc2c1cc(-c1ccnc(C)c1)nc2F. The molecule has 0 radical (unpaired) electrons. The molecule has 0 amide bonds. The molecule has 4 aromatic rings. The topological polar surface area (TPSA) is 95.5 Å². The normalized spacial score (nSPS) is 16.8. The highest BCUT2D eigenvalue weighted by Crippen LogP contribution is 2.51. The van der Waals surface area contributed by atoms with Crippen molar-refractivity contribution in [2.24, 2.45) is 10.7 Å². The summed E-state index contributed by atoms with van der Waals surface area (Å²) >= 11 is 0. The van der Waals surface area contributed by atoms with Gasteiger partial charge in [0.15, 0.2) is 5.75 Å². The quantitative estimate of drug-likeness (QED) is 0.237. The lowest BCUT2D eigenvalue weighted by Crippen LogP contribution is -2.31. The van der Waals surface area contributed by atoms with Crippen LogP contribution in [0.15, 0.2) is 65.9 Å². The van der Waals surface area contributed by atoms with E-state index in [9.17, 15) is 4.39 Å². The Bertz CT molecular complexity index is 1510. The van der Waals surface area contributed by atoms with E-state index in [1.165, 1.54) is 13.3 Å². The number of amidine groups is 1. The van der Waals surface area contributed by atoms with Crippen LogP contribution in [0.1, 0.15) is 23.7 Å². The minimum atomic E-state index is -1.19. The molecule has 5 rings (SSSR count). The zero-order chi connectivity index (χ0) is 25.4. The van der Waals surface area contributed by atoms with Crippen LogP contribution in [0.25, 0.3) is 22.4 Å². The Morgan fingerprint density at radius 3 is 2.61 bits per heavy atom. The van der Waals surface area contributed by atoms with Crippen LogP contribution in [0.4, 0.5) is 8.78 Å². The molecule has 0 saturated carbocycles. The maximum atomic E-state index is 15.4. The summed E-state index contributed by atoms with van der Waals surface area (Å²) in [6.45, 7) is 3.72. The first-order chi connectivity index (χ1) is 17.3. The number of ether oxygens (including phenoxy) is 2. The molecule has 0 aliphatic carbocycles. The van der Waals surface area contributed by atoms with Crippen LogP contribution >= 0.6 is 0 Å². The molecule has 0 fully saturated rings. The monoisotopic (exact) mass is 487 g/mol. The van der Waals surface area contributed by atoms with Crippen molar-refractivity contribution < 1.29 is 18.3 Å². The van der Waals surface area contributed by atoms with E-state index in [0.717, 1.165) is 5.69 Å². The molecule has 0 spiro atoms. The molecular weight excluding hydrogens is 464 g/mol. The second-order valence-corrected chi connectivity index (χ2v) is 8.62. The summed E-state index contributed by atoms with van der Waals surface area (Å²) in [5.41, 5.74) is 8.74. The molecule has 1 aliphatic rings. The molecule has 36 heavy (non-hydrogen) atoms. The van der Waals surface area contributed by atoms with Crippen LogP contribution in [0.2, 0.25) is 0 Å². The molecule has 1 atom stereocenters. The van der Waals surface area contributed by atoms with E-state index in [2.05, 4.69) is 15.0 Å². The number of benzene rings is 1. The second kappa shape index (κ2) is 9.09. The van der Waals surface area contributed by atoms with Gasteiger partial charge >= 0.3 is 0 Å². The minimum Gasteiger partial charge on any atom is -0.452 e. The number of aromatic nitrogens is 3. The molecule has 1 aromatic carbocycles. The van der Waals surface area contributed by atoms with E-state index < -0.39 is 17.4 Å². The van der Waals surface area contributed by atoms with E-state index in [-0.39, 0.29) is 18.2 Å². The lowest BCUT2D eigenvalue weighted by atomic mass is 9.81. The number of fused-ring (bicyclic) bond motifs is 2. The Kier molecular flexibility index (Phi) is 5.93. The molecule has 4 heterocycles. The third kappa shape index (κ3) is 4.07. The number of pyridine rings is 3. The minimum absolute atomic E-state index is 0.0474. The lowest BCUT2D eigenvalue weighted by molar-refractivity contribution is 0.243. The summed E-state index contributed by atoms with van der Waals surface area (Å²) in [5.74, 6) is -0.870. The first-order valence-corrected chi connectivity index (χ1v) is 11.2. The third-order valence-corrected chi connectivity index (χ3v) is 6.09. The molecule has 0 bridgehead atoms. The number of halogens is 2. The van der Waals surface area contributed by atoms with E-state index >= 15 is 4.39 Å². The van der Waals surface area contributed by atoms with Gasteiger partial charge in [-0.1, -0.05) is 6.07 Å². The standard InChI is InChI=1S/C27H23F2N5O2/c1-15-11-17(8-10-31-15)21-13-20-24(26(29)33-21)36-22-7-6-16(18-5-4-9-32-25(18)28)12-19(22)27(20,2)34-23(30)14-35-3/h4-13H,14H2,1-3H3,(H2,30,34)/t27-/m0/s1. The molecule has 7 nitrogen and oxygen atoms in total. The summed E-state index contributed by atoms with van der Waals surface area (Å²) in [6.07, 6.45) is 3.02. The molecule has 182 valence electrons.